The highest BCUT2D eigenvalue weighted by Gasteiger charge is 2.46. The van der Waals surface area contributed by atoms with Crippen molar-refractivity contribution in [3.63, 3.8) is 0 Å². The van der Waals surface area contributed by atoms with Crippen molar-refractivity contribution in [1.82, 2.24) is 16.0 Å². The molecule has 7 nitrogen and oxygen atoms in total. The molecular weight excluding hydrogens is 334 g/mol. The minimum absolute atomic E-state index is 0.124. The molecule has 2 atom stereocenters. The Bertz CT molecular complexity index is 614. The van der Waals surface area contributed by atoms with E-state index in [1.165, 1.54) is 6.92 Å². The highest BCUT2D eigenvalue weighted by atomic mass is 35.5. The fraction of sp³-hybridized carbons (Fsp3) is 0.500. The summed E-state index contributed by atoms with van der Waals surface area (Å²) in [5, 5.41) is 28.4. The molecule has 0 aromatic heterocycles. The van der Waals surface area contributed by atoms with E-state index < -0.39 is 17.6 Å². The zero-order valence-corrected chi connectivity index (χ0v) is 14.2. The molecule has 132 valence electrons. The lowest BCUT2D eigenvalue weighted by Crippen LogP contribution is -2.54. The van der Waals surface area contributed by atoms with Crippen molar-refractivity contribution in [2.45, 2.75) is 31.4 Å². The third-order valence-corrected chi connectivity index (χ3v) is 4.46. The Morgan fingerprint density at radius 2 is 2.25 bits per heavy atom. The second-order valence-corrected chi connectivity index (χ2v) is 6.30. The first-order chi connectivity index (χ1) is 11.4. The van der Waals surface area contributed by atoms with Gasteiger partial charge in [0.05, 0.1) is 11.1 Å². The van der Waals surface area contributed by atoms with E-state index in [0.29, 0.717) is 30.7 Å². The van der Waals surface area contributed by atoms with Crippen LogP contribution in [0.2, 0.25) is 0 Å². The Labute approximate surface area is 145 Å². The summed E-state index contributed by atoms with van der Waals surface area (Å²) in [6, 6.07) is 0. The number of allylic oxidation sites excluding steroid dienone is 1. The summed E-state index contributed by atoms with van der Waals surface area (Å²) in [4.78, 5) is 22.8. The van der Waals surface area contributed by atoms with E-state index >= 15 is 0 Å². The van der Waals surface area contributed by atoms with Crippen LogP contribution in [0.4, 0.5) is 0 Å². The van der Waals surface area contributed by atoms with Crippen LogP contribution in [0, 0.1) is 0 Å². The fourth-order valence-electron chi connectivity index (χ4n) is 2.82. The van der Waals surface area contributed by atoms with Crippen molar-refractivity contribution in [1.29, 1.82) is 0 Å². The first-order valence-electron chi connectivity index (χ1n) is 7.76. The van der Waals surface area contributed by atoms with Gasteiger partial charge in [0.1, 0.15) is 0 Å². The van der Waals surface area contributed by atoms with E-state index in [0.717, 1.165) is 0 Å². The van der Waals surface area contributed by atoms with Gasteiger partial charge in [-0.1, -0.05) is 17.7 Å². The van der Waals surface area contributed by atoms with E-state index in [9.17, 15) is 19.8 Å². The van der Waals surface area contributed by atoms with Gasteiger partial charge >= 0.3 is 5.97 Å². The van der Waals surface area contributed by atoms with E-state index in [-0.39, 0.29) is 23.9 Å². The predicted octanol–water partition coefficient (Wildman–Crippen LogP) is 0.226. The molecule has 2 aliphatic heterocycles. The van der Waals surface area contributed by atoms with Gasteiger partial charge < -0.3 is 26.2 Å². The third-order valence-electron chi connectivity index (χ3n) is 4.07. The third kappa shape index (κ3) is 3.98. The molecule has 1 amide bonds. The number of carboxylic acids is 1. The Morgan fingerprint density at radius 1 is 1.50 bits per heavy atom. The Balaban J connectivity index is 2.13. The average molecular weight is 356 g/mol. The van der Waals surface area contributed by atoms with E-state index in [2.05, 4.69) is 16.0 Å². The fourth-order valence-corrected chi connectivity index (χ4v) is 3.21. The number of dihydropyridines is 1. The van der Waals surface area contributed by atoms with Crippen LogP contribution < -0.4 is 16.0 Å². The minimum atomic E-state index is -1.45. The van der Waals surface area contributed by atoms with Gasteiger partial charge in [-0.05, 0) is 30.2 Å². The van der Waals surface area contributed by atoms with Gasteiger partial charge in [-0.2, -0.15) is 0 Å². The van der Waals surface area contributed by atoms with Gasteiger partial charge in [0.2, 0.25) is 5.91 Å². The molecule has 8 heteroatoms. The summed E-state index contributed by atoms with van der Waals surface area (Å²) in [5.41, 5.74) is -0.0659. The van der Waals surface area contributed by atoms with Gasteiger partial charge in [-0.3, -0.25) is 4.79 Å². The van der Waals surface area contributed by atoms with E-state index in [4.69, 9.17) is 11.6 Å². The topological polar surface area (TPSA) is 111 Å². The Hall–Kier alpha value is -1.83. The lowest BCUT2D eigenvalue weighted by Gasteiger charge is -2.36. The summed E-state index contributed by atoms with van der Waals surface area (Å²) < 4.78 is 0. The number of halogens is 1. The number of carbonyl (C=O) groups excluding carboxylic acids is 1. The van der Waals surface area contributed by atoms with Gasteiger partial charge in [0.15, 0.2) is 5.54 Å². The number of aliphatic hydroxyl groups is 1. The van der Waals surface area contributed by atoms with Crippen LogP contribution in [0.15, 0.2) is 34.5 Å². The smallest absolute Gasteiger partial charge is 0.339 e. The molecule has 24 heavy (non-hydrogen) atoms. The standard InChI is InChI=1S/C16H22ClN3O4/c1-10(21)19-9-13(22)6-11-7-14(17)16(15(23)24,20-8-11)12-2-4-18-5-3-12/h2,7-8,13,18,20,22H,3-6,9H2,1H3,(H,19,21)(H,23,24)/t13-,16?/m1/s1. The number of nitrogens with one attached hydrogen (secondary N) is 3. The summed E-state index contributed by atoms with van der Waals surface area (Å²) >= 11 is 6.34. The largest absolute Gasteiger partial charge is 0.479 e. The number of amides is 1. The molecule has 0 saturated carbocycles. The lowest BCUT2D eigenvalue weighted by atomic mass is 9.83. The molecule has 0 aliphatic carbocycles. The second kappa shape index (κ2) is 7.83. The highest BCUT2D eigenvalue weighted by Crippen LogP contribution is 2.36. The van der Waals surface area contributed by atoms with Crippen LogP contribution in [0.1, 0.15) is 19.8 Å². The van der Waals surface area contributed by atoms with Crippen LogP contribution in [0.3, 0.4) is 0 Å². The van der Waals surface area contributed by atoms with E-state index in [1.807, 2.05) is 6.08 Å². The molecule has 0 fully saturated rings. The number of carbonyl (C=O) groups is 2. The quantitative estimate of drug-likeness (QED) is 0.436. The number of hydrogen-bond donors (Lipinski definition) is 5. The monoisotopic (exact) mass is 355 g/mol. The Kier molecular flexibility index (Phi) is 6.04. The number of hydrogen-bond acceptors (Lipinski definition) is 5. The van der Waals surface area contributed by atoms with Crippen LogP contribution in [0.5, 0.6) is 0 Å². The predicted molar refractivity (Wildman–Crippen MR) is 90.4 cm³/mol. The first-order valence-corrected chi connectivity index (χ1v) is 8.14. The van der Waals surface area contributed by atoms with Crippen LogP contribution in [-0.2, 0) is 9.59 Å². The molecule has 0 saturated heterocycles. The zero-order valence-electron chi connectivity index (χ0n) is 13.4. The molecule has 5 N–H and O–H groups in total. The van der Waals surface area contributed by atoms with Crippen LogP contribution >= 0.6 is 11.6 Å². The van der Waals surface area contributed by atoms with Crippen molar-refractivity contribution in [3.8, 4) is 0 Å². The maximum Gasteiger partial charge on any atom is 0.339 e. The summed E-state index contributed by atoms with van der Waals surface area (Å²) in [5.74, 6) is -1.29. The van der Waals surface area contributed by atoms with Crippen molar-refractivity contribution >= 4 is 23.5 Å². The SMILES string of the molecule is CC(=O)NC[C@H](O)CC1=CNC(C(=O)O)(C2=CCNCC2)C(Cl)=C1. The molecule has 0 radical (unpaired) electrons. The molecule has 2 rings (SSSR count). The summed E-state index contributed by atoms with van der Waals surface area (Å²) in [6.45, 7) is 2.79. The Morgan fingerprint density at radius 3 is 2.79 bits per heavy atom. The van der Waals surface area contributed by atoms with E-state index in [1.54, 1.807) is 12.3 Å². The molecule has 1 unspecified atom stereocenters. The minimum Gasteiger partial charge on any atom is -0.479 e. The maximum absolute atomic E-state index is 11.9. The molecule has 0 bridgehead atoms. The van der Waals surface area contributed by atoms with Crippen LogP contribution in [0.25, 0.3) is 0 Å². The number of carboxylic acid groups (broad SMARTS) is 1. The summed E-state index contributed by atoms with van der Waals surface area (Å²) in [6.07, 6.45) is 5.03. The number of rotatable bonds is 6. The normalized spacial score (nSPS) is 24.9. The van der Waals surface area contributed by atoms with Crippen molar-refractivity contribution in [3.05, 3.63) is 34.5 Å². The lowest BCUT2D eigenvalue weighted by molar-refractivity contribution is -0.141. The van der Waals surface area contributed by atoms with Crippen molar-refractivity contribution in [2.24, 2.45) is 0 Å². The molecule has 0 aromatic carbocycles. The van der Waals surface area contributed by atoms with Crippen molar-refractivity contribution in [2.75, 3.05) is 19.6 Å². The molecule has 0 spiro atoms. The second-order valence-electron chi connectivity index (χ2n) is 5.89. The molecule has 2 heterocycles. The summed E-state index contributed by atoms with van der Waals surface area (Å²) in [7, 11) is 0. The first kappa shape index (κ1) is 18.5. The molecule has 0 aromatic rings. The van der Waals surface area contributed by atoms with Gasteiger partial charge in [-0.25, -0.2) is 4.79 Å². The number of aliphatic hydroxyl groups excluding tert-OH is 1. The van der Waals surface area contributed by atoms with Crippen molar-refractivity contribution < 1.29 is 19.8 Å². The zero-order chi connectivity index (χ0) is 17.7. The average Bonchev–Trinajstić information content (AvgIpc) is 2.54. The highest BCUT2D eigenvalue weighted by molar-refractivity contribution is 6.33. The van der Waals surface area contributed by atoms with Gasteiger partial charge in [-0.15, -0.1) is 0 Å². The van der Waals surface area contributed by atoms with Crippen LogP contribution in [-0.4, -0.2) is 53.4 Å². The maximum atomic E-state index is 11.9. The molecule has 2 aliphatic rings. The molecular formula is C16H22ClN3O4. The van der Waals surface area contributed by atoms with Gasteiger partial charge in [0, 0.05) is 32.6 Å². The van der Waals surface area contributed by atoms with Gasteiger partial charge in [0.25, 0.3) is 0 Å². The number of aliphatic carboxylic acids is 1.